The molecule has 21 heavy (non-hydrogen) atoms. The molecule has 0 amide bonds. The highest BCUT2D eigenvalue weighted by atomic mass is 32.1. The highest BCUT2D eigenvalue weighted by molar-refractivity contribution is 7.80. The van der Waals surface area contributed by atoms with Crippen LogP contribution in [0.25, 0.3) is 0 Å². The van der Waals surface area contributed by atoms with Crippen LogP contribution in [-0.4, -0.2) is 23.1 Å². The molecule has 2 nitrogen and oxygen atoms in total. The summed E-state index contributed by atoms with van der Waals surface area (Å²) in [6.07, 6.45) is 7.04. The zero-order valence-corrected chi connectivity index (χ0v) is 14.0. The molecule has 0 saturated carbocycles. The van der Waals surface area contributed by atoms with Gasteiger partial charge in [0.25, 0.3) is 0 Å². The van der Waals surface area contributed by atoms with Gasteiger partial charge in [0.15, 0.2) is 5.11 Å². The van der Waals surface area contributed by atoms with Gasteiger partial charge in [-0.25, -0.2) is 4.39 Å². The van der Waals surface area contributed by atoms with Gasteiger partial charge in [-0.3, -0.25) is 0 Å². The lowest BCUT2D eigenvalue weighted by atomic mass is 10.2. The molecule has 0 aliphatic heterocycles. The van der Waals surface area contributed by atoms with Gasteiger partial charge in [-0.05, 0) is 37.2 Å². The van der Waals surface area contributed by atoms with Gasteiger partial charge in [0, 0.05) is 13.1 Å². The van der Waals surface area contributed by atoms with Crippen LogP contribution in [0.5, 0.6) is 0 Å². The summed E-state index contributed by atoms with van der Waals surface area (Å²) in [5, 5.41) is 3.68. The second-order valence-corrected chi connectivity index (χ2v) is 5.70. The van der Waals surface area contributed by atoms with Gasteiger partial charge in [0.1, 0.15) is 5.82 Å². The molecule has 0 radical (unpaired) electrons. The first-order valence-electron chi connectivity index (χ1n) is 7.99. The zero-order valence-electron chi connectivity index (χ0n) is 13.2. The van der Waals surface area contributed by atoms with Crippen LogP contribution in [0, 0.1) is 5.82 Å². The Balaban J connectivity index is 2.58. The average molecular weight is 310 g/mol. The molecule has 0 atom stereocenters. The average Bonchev–Trinajstić information content (AvgIpc) is 2.48. The molecule has 0 aliphatic rings. The van der Waals surface area contributed by atoms with Crippen molar-refractivity contribution < 1.29 is 4.39 Å². The van der Waals surface area contributed by atoms with Crippen LogP contribution in [0.3, 0.4) is 0 Å². The lowest BCUT2D eigenvalue weighted by molar-refractivity contribution is 0.395. The van der Waals surface area contributed by atoms with Crippen molar-refractivity contribution in [3.05, 3.63) is 30.1 Å². The number of anilines is 1. The molecular formula is C17H27FN2S. The fourth-order valence-electron chi connectivity index (χ4n) is 2.18. The SMILES string of the molecule is CCCCCN(CCCCC)C(=S)Nc1ccccc1F. The molecule has 1 N–H and O–H groups in total. The van der Waals surface area contributed by atoms with E-state index in [2.05, 4.69) is 24.1 Å². The Morgan fingerprint density at radius 1 is 1.05 bits per heavy atom. The zero-order chi connectivity index (χ0) is 15.5. The van der Waals surface area contributed by atoms with Crippen LogP contribution in [0.1, 0.15) is 52.4 Å². The summed E-state index contributed by atoms with van der Waals surface area (Å²) >= 11 is 5.46. The maximum absolute atomic E-state index is 13.7. The number of rotatable bonds is 9. The van der Waals surface area contributed by atoms with Gasteiger partial charge in [0.05, 0.1) is 5.69 Å². The summed E-state index contributed by atoms with van der Waals surface area (Å²) in [7, 11) is 0. The minimum atomic E-state index is -0.262. The third-order valence-electron chi connectivity index (χ3n) is 3.47. The van der Waals surface area contributed by atoms with E-state index in [-0.39, 0.29) is 5.82 Å². The first-order chi connectivity index (χ1) is 10.2. The number of hydrogen-bond acceptors (Lipinski definition) is 1. The van der Waals surface area contributed by atoms with Crippen molar-refractivity contribution >= 4 is 23.0 Å². The van der Waals surface area contributed by atoms with E-state index < -0.39 is 0 Å². The monoisotopic (exact) mass is 310 g/mol. The normalized spacial score (nSPS) is 10.4. The van der Waals surface area contributed by atoms with Crippen molar-refractivity contribution in [3.8, 4) is 0 Å². The van der Waals surface area contributed by atoms with Gasteiger partial charge in [0.2, 0.25) is 0 Å². The molecule has 4 heteroatoms. The topological polar surface area (TPSA) is 15.3 Å². The number of thiocarbonyl (C=S) groups is 1. The van der Waals surface area contributed by atoms with E-state index in [1.54, 1.807) is 12.1 Å². The Kier molecular flexibility index (Phi) is 8.99. The smallest absolute Gasteiger partial charge is 0.173 e. The first-order valence-corrected chi connectivity index (χ1v) is 8.40. The molecule has 1 aromatic carbocycles. The predicted molar refractivity (Wildman–Crippen MR) is 93.2 cm³/mol. The van der Waals surface area contributed by atoms with E-state index in [1.165, 1.54) is 31.7 Å². The number of hydrogen-bond donors (Lipinski definition) is 1. The van der Waals surface area contributed by atoms with Crippen molar-refractivity contribution in [2.45, 2.75) is 52.4 Å². The van der Waals surface area contributed by atoms with Gasteiger partial charge in [-0.15, -0.1) is 0 Å². The van der Waals surface area contributed by atoms with Crippen molar-refractivity contribution in [3.63, 3.8) is 0 Å². The van der Waals surface area contributed by atoms with Crippen LogP contribution in [0.4, 0.5) is 10.1 Å². The van der Waals surface area contributed by atoms with Gasteiger partial charge >= 0.3 is 0 Å². The molecule has 1 aromatic rings. The third-order valence-corrected chi connectivity index (χ3v) is 3.83. The molecule has 0 bridgehead atoms. The fraction of sp³-hybridized carbons (Fsp3) is 0.588. The molecule has 118 valence electrons. The molecule has 0 aliphatic carbocycles. The van der Waals surface area contributed by atoms with E-state index in [4.69, 9.17) is 12.2 Å². The Labute approximate surface area is 133 Å². The number of nitrogens with zero attached hydrogens (tertiary/aromatic N) is 1. The van der Waals surface area contributed by atoms with Crippen molar-refractivity contribution in [2.24, 2.45) is 0 Å². The summed E-state index contributed by atoms with van der Waals surface area (Å²) in [6.45, 7) is 6.27. The van der Waals surface area contributed by atoms with E-state index in [0.717, 1.165) is 25.9 Å². The number of halogens is 1. The summed E-state index contributed by atoms with van der Waals surface area (Å²) in [5.41, 5.74) is 0.457. The maximum atomic E-state index is 13.7. The van der Waals surface area contributed by atoms with Crippen LogP contribution in [0.2, 0.25) is 0 Å². The number of benzene rings is 1. The minimum Gasteiger partial charge on any atom is -0.349 e. The largest absolute Gasteiger partial charge is 0.349 e. The summed E-state index contributed by atoms with van der Waals surface area (Å²) in [4.78, 5) is 2.17. The molecule has 0 unspecified atom stereocenters. The lowest BCUT2D eigenvalue weighted by Crippen LogP contribution is -2.36. The molecular weight excluding hydrogens is 283 g/mol. The van der Waals surface area contributed by atoms with E-state index in [9.17, 15) is 4.39 Å². The Morgan fingerprint density at radius 3 is 2.14 bits per heavy atom. The van der Waals surface area contributed by atoms with Crippen LogP contribution in [-0.2, 0) is 0 Å². The van der Waals surface area contributed by atoms with Crippen molar-refractivity contribution in [2.75, 3.05) is 18.4 Å². The quantitative estimate of drug-likeness (QED) is 0.498. The second kappa shape index (κ2) is 10.6. The summed E-state index contributed by atoms with van der Waals surface area (Å²) in [6, 6.07) is 6.66. The molecule has 0 aromatic heterocycles. The minimum absolute atomic E-state index is 0.262. The molecule has 1 rings (SSSR count). The first kappa shape index (κ1) is 17.9. The molecule has 0 heterocycles. The molecule has 0 saturated heterocycles. The standard InChI is InChI=1S/C17H27FN2S/c1-3-5-9-13-20(14-10-6-4-2)17(21)19-16-12-8-7-11-15(16)18/h7-8,11-12H,3-6,9-10,13-14H2,1-2H3,(H,19,21). The van der Waals surface area contributed by atoms with Crippen LogP contribution >= 0.6 is 12.2 Å². The Hall–Kier alpha value is -1.16. The highest BCUT2D eigenvalue weighted by Crippen LogP contribution is 2.14. The van der Waals surface area contributed by atoms with Crippen LogP contribution in [0.15, 0.2) is 24.3 Å². The predicted octanol–water partition coefficient (Wildman–Crippen LogP) is 5.20. The van der Waals surface area contributed by atoms with E-state index >= 15 is 0 Å². The van der Waals surface area contributed by atoms with Crippen molar-refractivity contribution in [1.82, 2.24) is 4.90 Å². The lowest BCUT2D eigenvalue weighted by Gasteiger charge is -2.26. The Morgan fingerprint density at radius 2 is 1.62 bits per heavy atom. The van der Waals surface area contributed by atoms with Gasteiger partial charge < -0.3 is 10.2 Å². The fourth-order valence-corrected chi connectivity index (χ4v) is 2.47. The number of nitrogens with one attached hydrogen (secondary N) is 1. The van der Waals surface area contributed by atoms with Gasteiger partial charge in [-0.2, -0.15) is 0 Å². The summed E-state index contributed by atoms with van der Waals surface area (Å²) in [5.74, 6) is -0.262. The molecule has 0 fully saturated rings. The Bertz CT molecular complexity index is 413. The van der Waals surface area contributed by atoms with E-state index in [1.807, 2.05) is 6.07 Å². The van der Waals surface area contributed by atoms with Crippen molar-refractivity contribution in [1.29, 1.82) is 0 Å². The summed E-state index contributed by atoms with van der Waals surface area (Å²) < 4.78 is 13.7. The molecule has 0 spiro atoms. The van der Waals surface area contributed by atoms with Gasteiger partial charge in [-0.1, -0.05) is 51.7 Å². The second-order valence-electron chi connectivity index (χ2n) is 5.31. The maximum Gasteiger partial charge on any atom is 0.173 e. The van der Waals surface area contributed by atoms with Crippen LogP contribution < -0.4 is 5.32 Å². The third kappa shape index (κ3) is 6.89. The van der Waals surface area contributed by atoms with E-state index in [0.29, 0.717) is 10.8 Å². The highest BCUT2D eigenvalue weighted by Gasteiger charge is 2.11. The number of unbranched alkanes of at least 4 members (excludes halogenated alkanes) is 4. The number of para-hydroxylation sites is 1.